The highest BCUT2D eigenvalue weighted by Gasteiger charge is 2.03. The molecule has 0 radical (unpaired) electrons. The van der Waals surface area contributed by atoms with E-state index in [-0.39, 0.29) is 5.97 Å². The van der Waals surface area contributed by atoms with Crippen LogP contribution in [0.3, 0.4) is 0 Å². The van der Waals surface area contributed by atoms with Gasteiger partial charge in [-0.15, -0.1) is 0 Å². The van der Waals surface area contributed by atoms with Crippen molar-refractivity contribution in [3.05, 3.63) is 21.8 Å². The third-order valence-electron chi connectivity index (χ3n) is 1.94. The van der Waals surface area contributed by atoms with E-state index in [1.165, 1.54) is 0 Å². The molecule has 0 heterocycles. The quantitative estimate of drug-likeness (QED) is 0.492. The minimum Gasteiger partial charge on any atom is -0.466 e. The van der Waals surface area contributed by atoms with Gasteiger partial charge in [-0.05, 0) is 47.7 Å². The van der Waals surface area contributed by atoms with Gasteiger partial charge in [-0.2, -0.15) is 0 Å². The lowest BCUT2D eigenvalue weighted by atomic mass is 10.3. The fourth-order valence-corrected chi connectivity index (χ4v) is 1.94. The molecule has 0 saturated carbocycles. The van der Waals surface area contributed by atoms with E-state index in [1.54, 1.807) is 6.92 Å². The Hall–Kier alpha value is -0.980. The standard InChI is InChI=1S/C11H15IN2O2/c1-2-16-11(15)5-6-14-10-4-3-8(13)7-9(10)12/h3-4,7,14H,2,5-6,13H2,1H3. The van der Waals surface area contributed by atoms with Crippen molar-refractivity contribution in [1.82, 2.24) is 0 Å². The lowest BCUT2D eigenvalue weighted by Gasteiger charge is -2.08. The van der Waals surface area contributed by atoms with Crippen molar-refractivity contribution in [2.24, 2.45) is 0 Å². The Morgan fingerprint density at radius 2 is 2.31 bits per heavy atom. The van der Waals surface area contributed by atoms with Gasteiger partial charge in [0.25, 0.3) is 0 Å². The highest BCUT2D eigenvalue weighted by Crippen LogP contribution is 2.20. The van der Waals surface area contributed by atoms with Gasteiger partial charge in [-0.25, -0.2) is 0 Å². The van der Waals surface area contributed by atoms with Crippen molar-refractivity contribution >= 4 is 39.9 Å². The van der Waals surface area contributed by atoms with Crippen molar-refractivity contribution in [3.8, 4) is 0 Å². The van der Waals surface area contributed by atoms with Crippen LogP contribution in [0.2, 0.25) is 0 Å². The number of ether oxygens (including phenoxy) is 1. The number of anilines is 2. The van der Waals surface area contributed by atoms with Crippen LogP contribution in [-0.4, -0.2) is 19.1 Å². The molecule has 1 rings (SSSR count). The Morgan fingerprint density at radius 3 is 2.94 bits per heavy atom. The molecule has 3 N–H and O–H groups in total. The molecule has 0 aliphatic rings. The number of carbonyl (C=O) groups is 1. The van der Waals surface area contributed by atoms with E-state index in [1.807, 2.05) is 18.2 Å². The third-order valence-corrected chi connectivity index (χ3v) is 2.84. The number of halogens is 1. The molecule has 0 spiro atoms. The maximum Gasteiger partial charge on any atom is 0.307 e. The lowest BCUT2D eigenvalue weighted by molar-refractivity contribution is -0.142. The predicted molar refractivity (Wildman–Crippen MR) is 73.3 cm³/mol. The van der Waals surface area contributed by atoms with Gasteiger partial charge in [0.05, 0.1) is 13.0 Å². The summed E-state index contributed by atoms with van der Waals surface area (Å²) < 4.78 is 5.87. The number of rotatable bonds is 5. The maximum atomic E-state index is 11.1. The summed E-state index contributed by atoms with van der Waals surface area (Å²) in [5.74, 6) is -0.180. The van der Waals surface area contributed by atoms with Crippen molar-refractivity contribution in [1.29, 1.82) is 0 Å². The molecule has 0 fully saturated rings. The fourth-order valence-electron chi connectivity index (χ4n) is 1.21. The minimum atomic E-state index is -0.180. The van der Waals surface area contributed by atoms with Crippen LogP contribution in [0, 0.1) is 3.57 Å². The zero-order valence-corrected chi connectivity index (χ0v) is 11.3. The monoisotopic (exact) mass is 334 g/mol. The number of nitrogen functional groups attached to an aromatic ring is 1. The zero-order chi connectivity index (χ0) is 12.0. The molecule has 88 valence electrons. The van der Waals surface area contributed by atoms with Gasteiger partial charge >= 0.3 is 5.97 Å². The molecule has 16 heavy (non-hydrogen) atoms. The molecule has 0 aliphatic carbocycles. The molecule has 0 aromatic heterocycles. The lowest BCUT2D eigenvalue weighted by Crippen LogP contribution is -2.11. The van der Waals surface area contributed by atoms with Gasteiger partial charge < -0.3 is 15.8 Å². The van der Waals surface area contributed by atoms with Gasteiger partial charge in [0.15, 0.2) is 0 Å². The largest absolute Gasteiger partial charge is 0.466 e. The summed E-state index contributed by atoms with van der Waals surface area (Å²) in [7, 11) is 0. The normalized spacial score (nSPS) is 9.88. The topological polar surface area (TPSA) is 64.3 Å². The molecule has 4 nitrogen and oxygen atoms in total. The van der Waals surface area contributed by atoms with Crippen molar-refractivity contribution in [2.75, 3.05) is 24.2 Å². The van der Waals surface area contributed by atoms with Crippen molar-refractivity contribution in [3.63, 3.8) is 0 Å². The number of nitrogens with two attached hydrogens (primary N) is 1. The van der Waals surface area contributed by atoms with Gasteiger partial charge in [-0.1, -0.05) is 0 Å². The average molecular weight is 334 g/mol. The van der Waals surface area contributed by atoms with Crippen LogP contribution in [0.15, 0.2) is 18.2 Å². The molecule has 0 aliphatic heterocycles. The minimum absolute atomic E-state index is 0.180. The average Bonchev–Trinajstić information content (AvgIpc) is 2.22. The third kappa shape index (κ3) is 4.26. The summed E-state index contributed by atoms with van der Waals surface area (Å²) in [6, 6.07) is 5.62. The van der Waals surface area contributed by atoms with Crippen LogP contribution < -0.4 is 11.1 Å². The molecule has 0 unspecified atom stereocenters. The van der Waals surface area contributed by atoms with Crippen LogP contribution >= 0.6 is 22.6 Å². The van der Waals surface area contributed by atoms with Crippen LogP contribution in [0.5, 0.6) is 0 Å². The highest BCUT2D eigenvalue weighted by molar-refractivity contribution is 14.1. The van der Waals surface area contributed by atoms with Gasteiger partial charge in [-0.3, -0.25) is 4.79 Å². The Bertz CT molecular complexity index is 369. The Morgan fingerprint density at radius 1 is 1.56 bits per heavy atom. The van der Waals surface area contributed by atoms with E-state index in [0.717, 1.165) is 14.9 Å². The molecule has 0 bridgehead atoms. The summed E-state index contributed by atoms with van der Waals surface area (Å²) >= 11 is 2.20. The van der Waals surface area contributed by atoms with Gasteiger partial charge in [0.2, 0.25) is 0 Å². The van der Waals surface area contributed by atoms with E-state index in [9.17, 15) is 4.79 Å². The highest BCUT2D eigenvalue weighted by atomic mass is 127. The smallest absolute Gasteiger partial charge is 0.307 e. The first-order valence-corrected chi connectivity index (χ1v) is 6.16. The van der Waals surface area contributed by atoms with Gasteiger partial charge in [0.1, 0.15) is 0 Å². The first-order valence-electron chi connectivity index (χ1n) is 5.08. The van der Waals surface area contributed by atoms with Crippen molar-refractivity contribution in [2.45, 2.75) is 13.3 Å². The second-order valence-electron chi connectivity index (χ2n) is 3.22. The number of benzene rings is 1. The molecular formula is C11H15IN2O2. The molecule has 0 amide bonds. The summed E-state index contributed by atoms with van der Waals surface area (Å²) in [6.07, 6.45) is 0.369. The summed E-state index contributed by atoms with van der Waals surface area (Å²) in [4.78, 5) is 11.1. The first-order chi connectivity index (χ1) is 7.63. The van der Waals surface area contributed by atoms with E-state index in [2.05, 4.69) is 27.9 Å². The van der Waals surface area contributed by atoms with Crippen molar-refractivity contribution < 1.29 is 9.53 Å². The van der Waals surface area contributed by atoms with E-state index >= 15 is 0 Å². The van der Waals surface area contributed by atoms with Crippen LogP contribution in [0.25, 0.3) is 0 Å². The summed E-state index contributed by atoms with van der Waals surface area (Å²) in [6.45, 7) is 2.80. The molecule has 1 aromatic carbocycles. The van der Waals surface area contributed by atoms with Crippen LogP contribution in [-0.2, 0) is 9.53 Å². The van der Waals surface area contributed by atoms with E-state index < -0.39 is 0 Å². The number of nitrogens with one attached hydrogen (secondary N) is 1. The first kappa shape index (κ1) is 13.1. The molecule has 0 saturated heterocycles. The number of hydrogen-bond acceptors (Lipinski definition) is 4. The van der Waals surface area contributed by atoms with E-state index in [0.29, 0.717) is 19.6 Å². The Labute approximate surface area is 109 Å². The zero-order valence-electron chi connectivity index (χ0n) is 9.13. The molecule has 5 heteroatoms. The van der Waals surface area contributed by atoms with Gasteiger partial charge in [0, 0.05) is 21.5 Å². The second-order valence-corrected chi connectivity index (χ2v) is 4.38. The summed E-state index contributed by atoms with van der Waals surface area (Å²) in [5, 5.41) is 3.17. The van der Waals surface area contributed by atoms with Crippen LogP contribution in [0.4, 0.5) is 11.4 Å². The molecule has 0 atom stereocenters. The summed E-state index contributed by atoms with van der Waals surface area (Å²) in [5.41, 5.74) is 7.36. The molecular weight excluding hydrogens is 319 g/mol. The van der Waals surface area contributed by atoms with Crippen LogP contribution in [0.1, 0.15) is 13.3 Å². The predicted octanol–water partition coefficient (Wildman–Crippen LogP) is 2.24. The Kier molecular flexibility index (Phi) is 5.37. The second kappa shape index (κ2) is 6.57. The fraction of sp³-hybridized carbons (Fsp3) is 0.364. The number of carbonyl (C=O) groups excluding carboxylic acids is 1. The maximum absolute atomic E-state index is 11.1. The Balaban J connectivity index is 2.40. The number of esters is 1. The number of hydrogen-bond donors (Lipinski definition) is 2. The SMILES string of the molecule is CCOC(=O)CCNc1ccc(N)cc1I. The van der Waals surface area contributed by atoms with E-state index in [4.69, 9.17) is 10.5 Å². The molecule has 1 aromatic rings.